The second-order valence-corrected chi connectivity index (χ2v) is 10.2. The van der Waals surface area contributed by atoms with Gasteiger partial charge in [-0.25, -0.2) is 13.2 Å². The molecule has 0 saturated carbocycles. The predicted molar refractivity (Wildman–Crippen MR) is 114 cm³/mol. The van der Waals surface area contributed by atoms with Crippen LogP contribution in [0.25, 0.3) is 11.5 Å². The third-order valence-electron chi connectivity index (χ3n) is 4.73. The van der Waals surface area contributed by atoms with Gasteiger partial charge in [-0.3, -0.25) is 4.79 Å². The van der Waals surface area contributed by atoms with E-state index in [0.29, 0.717) is 38.3 Å². The molecule has 1 amide bonds. The van der Waals surface area contributed by atoms with Gasteiger partial charge in [-0.15, -0.1) is 11.3 Å². The normalized spacial score (nSPS) is 14.6. The van der Waals surface area contributed by atoms with Gasteiger partial charge in [0.2, 0.25) is 0 Å². The number of fused-ring (bicyclic) bond motifs is 1. The molecule has 0 spiro atoms. The molecule has 3 aromatic rings. The minimum atomic E-state index is -3.22. The summed E-state index contributed by atoms with van der Waals surface area (Å²) in [6.07, 6.45) is 0.219. The van der Waals surface area contributed by atoms with Gasteiger partial charge in [0.05, 0.1) is 23.7 Å². The molecule has 1 aliphatic rings. The summed E-state index contributed by atoms with van der Waals surface area (Å²) in [5, 5.41) is 6.78. The van der Waals surface area contributed by atoms with Crippen LogP contribution in [-0.4, -0.2) is 42.8 Å². The number of thiophene rings is 1. The lowest BCUT2D eigenvalue weighted by Crippen LogP contribution is -2.20. The highest BCUT2D eigenvalue weighted by molar-refractivity contribution is 7.90. The Labute approximate surface area is 182 Å². The van der Waals surface area contributed by atoms with Crippen LogP contribution in [0.3, 0.4) is 0 Å². The van der Waals surface area contributed by atoms with E-state index in [4.69, 9.17) is 9.26 Å². The van der Waals surface area contributed by atoms with Gasteiger partial charge in [0.1, 0.15) is 5.00 Å². The summed E-state index contributed by atoms with van der Waals surface area (Å²) in [6.45, 7) is 3.57. The van der Waals surface area contributed by atoms with E-state index in [0.717, 1.165) is 11.3 Å². The zero-order valence-electron chi connectivity index (χ0n) is 16.8. The number of carbonyl (C=O) groups is 2. The van der Waals surface area contributed by atoms with E-state index in [1.165, 1.54) is 0 Å². The maximum Gasteiger partial charge on any atom is 0.341 e. The lowest BCUT2D eigenvalue weighted by Gasteiger charge is -2.13. The van der Waals surface area contributed by atoms with Gasteiger partial charge in [-0.2, -0.15) is 4.98 Å². The van der Waals surface area contributed by atoms with E-state index >= 15 is 0 Å². The monoisotopic (exact) mass is 461 g/mol. The minimum Gasteiger partial charge on any atom is -0.462 e. The first-order chi connectivity index (χ1) is 14.8. The van der Waals surface area contributed by atoms with Crippen LogP contribution < -0.4 is 5.32 Å². The van der Waals surface area contributed by atoms with E-state index < -0.39 is 21.7 Å². The van der Waals surface area contributed by atoms with Crippen molar-refractivity contribution in [3.63, 3.8) is 0 Å². The van der Waals surface area contributed by atoms with Crippen molar-refractivity contribution in [2.75, 3.05) is 17.7 Å². The second kappa shape index (κ2) is 8.23. The van der Waals surface area contributed by atoms with Crippen molar-refractivity contribution in [3.05, 3.63) is 51.7 Å². The van der Waals surface area contributed by atoms with Crippen LogP contribution in [0.1, 0.15) is 43.9 Å². The fraction of sp³-hybridized carbons (Fsp3) is 0.300. The summed E-state index contributed by atoms with van der Waals surface area (Å²) in [4.78, 5) is 30.1. The SMILES string of the molecule is CCOC(=O)c1c(NC(=O)c2ccc(-c3nc(C)no3)cc2)sc2c1CCS(=O)(=O)C2. The highest BCUT2D eigenvalue weighted by Gasteiger charge is 2.32. The summed E-state index contributed by atoms with van der Waals surface area (Å²) in [6, 6.07) is 6.57. The summed E-state index contributed by atoms with van der Waals surface area (Å²) in [5.74, 6) is -0.328. The third kappa shape index (κ3) is 4.37. The molecule has 0 atom stereocenters. The fourth-order valence-corrected chi connectivity index (χ4v) is 6.32. The Kier molecular flexibility index (Phi) is 5.63. The number of amides is 1. The van der Waals surface area contributed by atoms with Crippen LogP contribution >= 0.6 is 11.3 Å². The maximum absolute atomic E-state index is 12.8. The van der Waals surface area contributed by atoms with Gasteiger partial charge >= 0.3 is 5.97 Å². The molecular weight excluding hydrogens is 442 g/mol. The zero-order chi connectivity index (χ0) is 22.2. The maximum atomic E-state index is 12.8. The van der Waals surface area contributed by atoms with Gasteiger partial charge in [-0.05, 0) is 50.1 Å². The standard InChI is InChI=1S/C20H19N3O6S2/c1-3-28-20(25)16-14-8-9-31(26,27)10-15(14)30-19(16)22-17(24)12-4-6-13(7-5-12)18-21-11(2)23-29-18/h4-7H,3,8-10H2,1-2H3,(H,22,24). The Morgan fingerprint density at radius 2 is 2.00 bits per heavy atom. The predicted octanol–water partition coefficient (Wildman–Crippen LogP) is 3.01. The lowest BCUT2D eigenvalue weighted by molar-refractivity contribution is 0.0527. The first-order valence-corrected chi connectivity index (χ1v) is 12.2. The number of rotatable bonds is 5. The van der Waals surface area contributed by atoms with E-state index in [1.54, 1.807) is 38.1 Å². The van der Waals surface area contributed by atoms with E-state index in [9.17, 15) is 18.0 Å². The molecule has 0 fully saturated rings. The number of nitrogens with zero attached hydrogens (tertiary/aromatic N) is 2. The lowest BCUT2D eigenvalue weighted by atomic mass is 10.1. The summed E-state index contributed by atoms with van der Waals surface area (Å²) >= 11 is 1.10. The summed E-state index contributed by atoms with van der Waals surface area (Å²) in [5.41, 5.74) is 1.90. The van der Waals surface area contributed by atoms with E-state index in [-0.39, 0.29) is 30.1 Å². The molecule has 0 bridgehead atoms. The molecule has 11 heteroatoms. The quantitative estimate of drug-likeness (QED) is 0.574. The molecule has 0 aliphatic carbocycles. The smallest absolute Gasteiger partial charge is 0.341 e. The number of sulfone groups is 1. The number of carbonyl (C=O) groups excluding carboxylic acids is 2. The first kappa shape index (κ1) is 21.2. The van der Waals surface area contributed by atoms with Crippen molar-refractivity contribution in [2.45, 2.75) is 26.0 Å². The number of anilines is 1. The Bertz CT molecular complexity index is 1260. The van der Waals surface area contributed by atoms with Crippen LogP contribution in [-0.2, 0) is 26.7 Å². The molecule has 0 unspecified atom stereocenters. The minimum absolute atomic E-state index is 0.0346. The Balaban J connectivity index is 1.61. The van der Waals surface area contributed by atoms with E-state index in [1.807, 2.05) is 0 Å². The molecule has 162 valence electrons. The molecule has 0 saturated heterocycles. The number of hydrogen-bond donors (Lipinski definition) is 1. The number of esters is 1. The number of ether oxygens (including phenoxy) is 1. The van der Waals surface area contributed by atoms with Crippen LogP contribution in [0, 0.1) is 6.92 Å². The molecule has 4 rings (SSSR count). The molecule has 31 heavy (non-hydrogen) atoms. The largest absolute Gasteiger partial charge is 0.462 e. The molecule has 1 aromatic carbocycles. The van der Waals surface area contributed by atoms with Crippen molar-refractivity contribution in [1.29, 1.82) is 0 Å². The highest BCUT2D eigenvalue weighted by Crippen LogP contribution is 2.38. The average molecular weight is 462 g/mol. The second-order valence-electron chi connectivity index (χ2n) is 6.95. The molecule has 3 heterocycles. The number of hydrogen-bond acceptors (Lipinski definition) is 9. The number of nitrogens with one attached hydrogen (secondary N) is 1. The van der Waals surface area contributed by atoms with Crippen LogP contribution in [0.2, 0.25) is 0 Å². The van der Waals surface area contributed by atoms with Gasteiger partial charge < -0.3 is 14.6 Å². The van der Waals surface area contributed by atoms with Gasteiger partial charge in [-0.1, -0.05) is 5.16 Å². The number of aromatic nitrogens is 2. The van der Waals surface area contributed by atoms with Crippen molar-refractivity contribution < 1.29 is 27.3 Å². The summed E-state index contributed by atoms with van der Waals surface area (Å²) in [7, 11) is -3.22. The highest BCUT2D eigenvalue weighted by atomic mass is 32.2. The van der Waals surface area contributed by atoms with Crippen molar-refractivity contribution in [1.82, 2.24) is 10.1 Å². The Morgan fingerprint density at radius 3 is 2.65 bits per heavy atom. The first-order valence-electron chi connectivity index (χ1n) is 9.51. The average Bonchev–Trinajstić information content (AvgIpc) is 3.30. The van der Waals surface area contributed by atoms with Crippen molar-refractivity contribution >= 4 is 38.1 Å². The molecule has 2 aromatic heterocycles. The van der Waals surface area contributed by atoms with Crippen LogP contribution in [0.15, 0.2) is 28.8 Å². The topological polar surface area (TPSA) is 128 Å². The Morgan fingerprint density at radius 1 is 1.26 bits per heavy atom. The van der Waals surface area contributed by atoms with Crippen LogP contribution in [0.4, 0.5) is 5.00 Å². The molecule has 9 nitrogen and oxygen atoms in total. The number of benzene rings is 1. The fourth-order valence-electron chi connectivity index (χ4n) is 3.28. The molecule has 1 aliphatic heterocycles. The van der Waals surface area contributed by atoms with Crippen molar-refractivity contribution in [2.24, 2.45) is 0 Å². The molecule has 0 radical (unpaired) electrons. The van der Waals surface area contributed by atoms with Crippen LogP contribution in [0.5, 0.6) is 0 Å². The van der Waals surface area contributed by atoms with Crippen molar-refractivity contribution in [3.8, 4) is 11.5 Å². The molecule has 1 N–H and O–H groups in total. The Hall–Kier alpha value is -3.05. The third-order valence-corrected chi connectivity index (χ3v) is 7.62. The van der Waals surface area contributed by atoms with Gasteiger partial charge in [0, 0.05) is 16.0 Å². The summed E-state index contributed by atoms with van der Waals surface area (Å²) < 4.78 is 34.3. The molecular formula is C20H19N3O6S2. The zero-order valence-corrected chi connectivity index (χ0v) is 18.4. The number of aryl methyl sites for hydroxylation is 1. The van der Waals surface area contributed by atoms with E-state index in [2.05, 4.69) is 15.5 Å². The van der Waals surface area contributed by atoms with Gasteiger partial charge in [0.25, 0.3) is 11.8 Å². The van der Waals surface area contributed by atoms with Gasteiger partial charge in [0.15, 0.2) is 15.7 Å².